The smallest absolute Gasteiger partial charge is 0.147 e. The maximum absolute atomic E-state index is 15.0. The zero-order valence-electron chi connectivity index (χ0n) is 22.3. The lowest BCUT2D eigenvalue weighted by Crippen LogP contribution is -2.64. The normalized spacial score (nSPS) is 15.4. The Hall–Kier alpha value is -4.32. The van der Waals surface area contributed by atoms with Crippen LogP contribution in [0.3, 0.4) is 0 Å². The van der Waals surface area contributed by atoms with Crippen LogP contribution in [0.2, 0.25) is 0 Å². The molecule has 5 rings (SSSR count). The van der Waals surface area contributed by atoms with E-state index >= 15 is 4.39 Å². The monoisotopic (exact) mass is 526 g/mol. The number of likely N-dealkylation sites (tertiary alicyclic amines) is 1. The molecule has 0 radical (unpaired) electrons. The van der Waals surface area contributed by atoms with E-state index in [0.29, 0.717) is 37.3 Å². The molecule has 0 spiro atoms. The van der Waals surface area contributed by atoms with Crippen LogP contribution in [0.5, 0.6) is 0 Å². The number of aromatic amines is 1. The summed E-state index contributed by atoms with van der Waals surface area (Å²) in [5.41, 5.74) is 3.15. The number of aromatic nitrogens is 5. The summed E-state index contributed by atoms with van der Waals surface area (Å²) in [6, 6.07) is 9.93. The third kappa shape index (κ3) is 4.94. The topological polar surface area (TPSA) is 125 Å². The van der Waals surface area contributed by atoms with Gasteiger partial charge >= 0.3 is 0 Å². The van der Waals surface area contributed by atoms with Crippen molar-refractivity contribution >= 4 is 16.7 Å². The molecule has 11 heteroatoms. The molecule has 1 unspecified atom stereocenters. The minimum absolute atomic E-state index is 0.0641. The second kappa shape index (κ2) is 10.8. The van der Waals surface area contributed by atoms with Crippen LogP contribution in [-0.2, 0) is 12.1 Å². The summed E-state index contributed by atoms with van der Waals surface area (Å²) < 4.78 is 16.9. The number of nitriles is 2. The number of hydrogen-bond acceptors (Lipinski definition) is 8. The quantitative estimate of drug-likeness (QED) is 0.322. The zero-order valence-corrected chi connectivity index (χ0v) is 22.3. The van der Waals surface area contributed by atoms with Crippen molar-refractivity contribution in [3.05, 3.63) is 60.1 Å². The van der Waals surface area contributed by atoms with Gasteiger partial charge in [0.2, 0.25) is 0 Å². The Labute approximate surface area is 226 Å². The molecule has 0 bridgehead atoms. The van der Waals surface area contributed by atoms with Gasteiger partial charge in [0, 0.05) is 75.2 Å². The number of fused-ring (bicyclic) bond motifs is 1. The van der Waals surface area contributed by atoms with E-state index in [2.05, 4.69) is 43.3 Å². The molecule has 10 nitrogen and oxygen atoms in total. The molecule has 1 aliphatic rings. The summed E-state index contributed by atoms with van der Waals surface area (Å²) in [5.74, 6) is -0.474. The van der Waals surface area contributed by atoms with Crippen LogP contribution in [0.15, 0.2) is 43.1 Å². The van der Waals surface area contributed by atoms with E-state index in [4.69, 9.17) is 0 Å². The molecule has 1 saturated heterocycles. The van der Waals surface area contributed by atoms with Crippen LogP contribution < -0.4 is 10.2 Å². The van der Waals surface area contributed by atoms with E-state index < -0.39 is 11.4 Å². The first-order valence-corrected chi connectivity index (χ1v) is 12.9. The van der Waals surface area contributed by atoms with Crippen molar-refractivity contribution in [1.82, 2.24) is 34.9 Å². The fourth-order valence-corrected chi connectivity index (χ4v) is 5.34. The highest BCUT2D eigenvalue weighted by Crippen LogP contribution is 2.34. The molecule has 1 atom stereocenters. The second-order valence-corrected chi connectivity index (χ2v) is 10.3. The largest absolute Gasteiger partial charge is 0.377 e. The van der Waals surface area contributed by atoms with Crippen LogP contribution in [-0.4, -0.2) is 69.4 Å². The molecule has 1 fully saturated rings. The summed E-state index contributed by atoms with van der Waals surface area (Å²) in [6.45, 7) is 4.56. The van der Waals surface area contributed by atoms with Crippen LogP contribution in [0.25, 0.3) is 22.3 Å². The average Bonchev–Trinajstić information content (AvgIpc) is 3.60. The predicted octanol–water partition coefficient (Wildman–Crippen LogP) is 3.39. The second-order valence-electron chi connectivity index (χ2n) is 10.3. The fourth-order valence-electron chi connectivity index (χ4n) is 5.34. The number of halogens is 1. The van der Waals surface area contributed by atoms with Crippen LogP contribution in [0.1, 0.15) is 30.9 Å². The van der Waals surface area contributed by atoms with E-state index in [9.17, 15) is 10.5 Å². The molecule has 200 valence electrons. The fraction of sp³-hybridized carbons (Fsp3) is 0.393. The van der Waals surface area contributed by atoms with Gasteiger partial charge in [0.25, 0.3) is 0 Å². The van der Waals surface area contributed by atoms with Gasteiger partial charge in [-0.3, -0.25) is 9.58 Å². The Morgan fingerprint density at radius 3 is 2.77 bits per heavy atom. The Morgan fingerprint density at radius 2 is 2.05 bits per heavy atom. The lowest BCUT2D eigenvalue weighted by Gasteiger charge is -2.50. The van der Waals surface area contributed by atoms with Gasteiger partial charge < -0.3 is 15.2 Å². The average molecular weight is 527 g/mol. The van der Waals surface area contributed by atoms with Crippen molar-refractivity contribution in [2.24, 2.45) is 0 Å². The molecule has 0 aliphatic carbocycles. The number of benzene rings is 1. The minimum atomic E-state index is -0.474. The number of rotatable bonds is 10. The molecule has 39 heavy (non-hydrogen) atoms. The summed E-state index contributed by atoms with van der Waals surface area (Å²) in [7, 11) is 3.59. The molecule has 1 aromatic carbocycles. The van der Waals surface area contributed by atoms with Crippen molar-refractivity contribution in [1.29, 1.82) is 10.5 Å². The number of nitrogens with one attached hydrogen (secondary N) is 2. The molecule has 4 heterocycles. The molecule has 3 aromatic heterocycles. The molecule has 0 amide bonds. The first-order chi connectivity index (χ1) is 18.9. The Morgan fingerprint density at radius 1 is 1.23 bits per heavy atom. The van der Waals surface area contributed by atoms with Crippen molar-refractivity contribution in [3.8, 4) is 23.4 Å². The number of nitrogens with zero attached hydrogens (tertiary/aromatic N) is 8. The molecule has 2 N–H and O–H groups in total. The first-order valence-electron chi connectivity index (χ1n) is 12.9. The molecule has 0 saturated carbocycles. The summed E-state index contributed by atoms with van der Waals surface area (Å²) in [5, 5.41) is 28.1. The lowest BCUT2D eigenvalue weighted by atomic mass is 9.86. The lowest BCUT2D eigenvalue weighted by molar-refractivity contribution is -0.00136. The van der Waals surface area contributed by atoms with E-state index in [1.165, 1.54) is 6.33 Å². The van der Waals surface area contributed by atoms with Crippen molar-refractivity contribution < 1.29 is 4.39 Å². The number of hydrogen-bond donors (Lipinski definition) is 2. The van der Waals surface area contributed by atoms with Gasteiger partial charge in [-0.2, -0.15) is 15.6 Å². The van der Waals surface area contributed by atoms with Gasteiger partial charge in [0.1, 0.15) is 35.0 Å². The molecule has 1 aliphatic heterocycles. The summed E-state index contributed by atoms with van der Waals surface area (Å²) in [4.78, 5) is 15.9. The van der Waals surface area contributed by atoms with Gasteiger partial charge in [-0.25, -0.2) is 14.4 Å². The van der Waals surface area contributed by atoms with Crippen molar-refractivity contribution in [2.75, 3.05) is 38.6 Å². The Balaban J connectivity index is 1.25. The van der Waals surface area contributed by atoms with Crippen LogP contribution in [0, 0.1) is 28.5 Å². The Bertz CT molecular complexity index is 1550. The van der Waals surface area contributed by atoms with Crippen LogP contribution in [0.4, 0.5) is 10.1 Å². The molecular formula is C28H31FN10. The van der Waals surface area contributed by atoms with Gasteiger partial charge in [-0.15, -0.1) is 0 Å². The SMILES string of the molecule is CCC(CN1CC(CC#N)(n2cc(-c3ncnc4[nH]ccc34)cn2)C1)NCc1ccc(N(C)C)c(C#N)c1F. The standard InChI is InChI=1S/C28H31FN10/c1-4-21(33-12-19-5-6-24(37(2)3)23(11-31)25(19)29)15-38-16-28(17-38,8-9-30)39-14-20(13-36-39)26-22-7-10-32-27(22)35-18-34-26/h5-7,10,13-14,18,21,33H,4,8,12,15-17H2,1-3H3,(H,32,34,35). The van der Waals surface area contributed by atoms with Gasteiger partial charge in [-0.05, 0) is 18.6 Å². The number of H-pyrrole nitrogens is 1. The van der Waals surface area contributed by atoms with Crippen molar-refractivity contribution in [3.63, 3.8) is 0 Å². The number of anilines is 1. The van der Waals surface area contributed by atoms with E-state index in [1.54, 1.807) is 37.3 Å². The van der Waals surface area contributed by atoms with Gasteiger partial charge in [-0.1, -0.05) is 13.0 Å². The predicted molar refractivity (Wildman–Crippen MR) is 146 cm³/mol. The molecular weight excluding hydrogens is 495 g/mol. The summed E-state index contributed by atoms with van der Waals surface area (Å²) in [6.07, 6.45) is 8.32. The maximum atomic E-state index is 15.0. The first kappa shape index (κ1) is 26.3. The third-order valence-electron chi connectivity index (χ3n) is 7.49. The van der Waals surface area contributed by atoms with E-state index in [-0.39, 0.29) is 11.6 Å². The highest BCUT2D eigenvalue weighted by Gasteiger charge is 2.45. The van der Waals surface area contributed by atoms with Gasteiger partial charge in [0.05, 0.1) is 30.1 Å². The highest BCUT2D eigenvalue weighted by molar-refractivity contribution is 5.90. The van der Waals surface area contributed by atoms with E-state index in [1.807, 2.05) is 29.2 Å². The molecule has 4 aromatic rings. The minimum Gasteiger partial charge on any atom is -0.377 e. The van der Waals surface area contributed by atoms with Crippen molar-refractivity contribution in [2.45, 2.75) is 37.9 Å². The highest BCUT2D eigenvalue weighted by atomic mass is 19.1. The maximum Gasteiger partial charge on any atom is 0.147 e. The third-order valence-corrected chi connectivity index (χ3v) is 7.49. The van der Waals surface area contributed by atoms with Gasteiger partial charge in [0.15, 0.2) is 0 Å². The van der Waals surface area contributed by atoms with E-state index in [0.717, 1.165) is 35.3 Å². The van der Waals surface area contributed by atoms with Crippen LogP contribution >= 0.6 is 0 Å². The Kier molecular flexibility index (Phi) is 7.29. The zero-order chi connectivity index (χ0) is 27.6. The summed E-state index contributed by atoms with van der Waals surface area (Å²) >= 11 is 0.